The number of esters is 3. The Morgan fingerprint density at radius 2 is 1.71 bits per heavy atom. The lowest BCUT2D eigenvalue weighted by atomic mass is 9.72. The van der Waals surface area contributed by atoms with Crippen molar-refractivity contribution >= 4 is 17.9 Å². The van der Waals surface area contributed by atoms with Crippen molar-refractivity contribution in [3.63, 3.8) is 0 Å². The normalized spacial score (nSPS) is 21.0. The van der Waals surface area contributed by atoms with Crippen LogP contribution in [0.25, 0.3) is 0 Å². The highest BCUT2D eigenvalue weighted by molar-refractivity contribution is 5.84. The number of hydrogen-bond acceptors (Lipinski definition) is 6. The number of cyclic esters (lactones) is 1. The Kier molecular flexibility index (Phi) is 6.06. The lowest BCUT2D eigenvalue weighted by Crippen LogP contribution is -2.42. The van der Waals surface area contributed by atoms with Gasteiger partial charge in [-0.3, -0.25) is 9.59 Å². The van der Waals surface area contributed by atoms with E-state index in [1.165, 1.54) is 0 Å². The first-order valence-corrected chi connectivity index (χ1v) is 8.42. The molecule has 1 saturated heterocycles. The SMILES string of the molecule is CCC(C)(CC(C)(C)C(=O)OC(C)(C)C)C(=O)OC1CCOC1=O. The van der Waals surface area contributed by atoms with Gasteiger partial charge in [0, 0.05) is 6.42 Å². The van der Waals surface area contributed by atoms with Crippen molar-refractivity contribution in [2.24, 2.45) is 10.8 Å². The van der Waals surface area contributed by atoms with Crippen molar-refractivity contribution in [1.82, 2.24) is 0 Å². The summed E-state index contributed by atoms with van der Waals surface area (Å²) in [4.78, 5) is 36.5. The molecule has 6 heteroatoms. The number of ether oxygens (including phenoxy) is 3. The number of carbonyl (C=O) groups excluding carboxylic acids is 3. The minimum atomic E-state index is -0.886. The molecule has 0 N–H and O–H groups in total. The summed E-state index contributed by atoms with van der Waals surface area (Å²) >= 11 is 0. The van der Waals surface area contributed by atoms with E-state index in [0.29, 0.717) is 12.8 Å². The molecule has 0 radical (unpaired) electrons. The molecule has 1 heterocycles. The fourth-order valence-corrected chi connectivity index (χ4v) is 2.66. The van der Waals surface area contributed by atoms with Gasteiger partial charge in [0.2, 0.25) is 6.10 Å². The third-order valence-electron chi connectivity index (χ3n) is 4.19. The Morgan fingerprint density at radius 3 is 2.12 bits per heavy atom. The van der Waals surface area contributed by atoms with Gasteiger partial charge < -0.3 is 14.2 Å². The number of rotatable bonds is 6. The van der Waals surface area contributed by atoms with E-state index in [0.717, 1.165) is 0 Å². The van der Waals surface area contributed by atoms with Crippen LogP contribution in [0.2, 0.25) is 0 Å². The first-order valence-electron chi connectivity index (χ1n) is 8.42. The molecule has 0 aromatic carbocycles. The van der Waals surface area contributed by atoms with Gasteiger partial charge >= 0.3 is 17.9 Å². The fraction of sp³-hybridized carbons (Fsp3) is 0.833. The lowest BCUT2D eigenvalue weighted by molar-refractivity contribution is -0.174. The van der Waals surface area contributed by atoms with Crippen LogP contribution < -0.4 is 0 Å². The molecular weight excluding hydrogens is 312 g/mol. The summed E-state index contributed by atoms with van der Waals surface area (Å²) in [5, 5.41) is 0. The molecule has 0 aromatic heterocycles. The first-order chi connectivity index (χ1) is 10.8. The van der Waals surface area contributed by atoms with Gasteiger partial charge in [-0.15, -0.1) is 0 Å². The molecule has 6 nitrogen and oxygen atoms in total. The molecule has 2 atom stereocenters. The maximum absolute atomic E-state index is 12.6. The van der Waals surface area contributed by atoms with Gasteiger partial charge in [-0.1, -0.05) is 6.92 Å². The van der Waals surface area contributed by atoms with Crippen LogP contribution in [-0.2, 0) is 28.6 Å². The molecule has 0 aliphatic carbocycles. The molecule has 0 amide bonds. The van der Waals surface area contributed by atoms with Crippen LogP contribution in [-0.4, -0.2) is 36.2 Å². The van der Waals surface area contributed by atoms with Crippen molar-refractivity contribution in [2.45, 2.75) is 79.4 Å². The zero-order valence-corrected chi connectivity index (χ0v) is 15.9. The maximum atomic E-state index is 12.6. The molecule has 1 aliphatic heterocycles. The van der Waals surface area contributed by atoms with Crippen LogP contribution in [0.15, 0.2) is 0 Å². The van der Waals surface area contributed by atoms with Gasteiger partial charge in [-0.25, -0.2) is 4.79 Å². The Morgan fingerprint density at radius 1 is 1.12 bits per heavy atom. The summed E-state index contributed by atoms with van der Waals surface area (Å²) in [5.41, 5.74) is -2.33. The van der Waals surface area contributed by atoms with Gasteiger partial charge in [-0.2, -0.15) is 0 Å². The van der Waals surface area contributed by atoms with E-state index in [9.17, 15) is 14.4 Å². The van der Waals surface area contributed by atoms with Crippen molar-refractivity contribution in [1.29, 1.82) is 0 Å². The molecule has 0 aromatic rings. The van der Waals surface area contributed by atoms with Crippen LogP contribution in [0.3, 0.4) is 0 Å². The second-order valence-electron chi connectivity index (χ2n) is 8.33. The summed E-state index contributed by atoms with van der Waals surface area (Å²) < 4.78 is 15.6. The molecule has 1 fully saturated rings. The fourth-order valence-electron chi connectivity index (χ4n) is 2.66. The van der Waals surface area contributed by atoms with E-state index < -0.39 is 34.5 Å². The van der Waals surface area contributed by atoms with Gasteiger partial charge in [0.05, 0.1) is 17.4 Å². The molecule has 0 bridgehead atoms. The first kappa shape index (κ1) is 20.5. The molecule has 0 saturated carbocycles. The smallest absolute Gasteiger partial charge is 0.347 e. The average molecular weight is 342 g/mol. The predicted octanol–water partition coefficient (Wildman–Crippen LogP) is 3.02. The molecule has 24 heavy (non-hydrogen) atoms. The summed E-state index contributed by atoms with van der Waals surface area (Å²) in [7, 11) is 0. The second kappa shape index (κ2) is 7.11. The Labute approximate surface area is 144 Å². The van der Waals surface area contributed by atoms with Crippen LogP contribution >= 0.6 is 0 Å². The quantitative estimate of drug-likeness (QED) is 0.545. The van der Waals surface area contributed by atoms with Gasteiger partial charge in [0.15, 0.2) is 0 Å². The maximum Gasteiger partial charge on any atom is 0.347 e. The largest absolute Gasteiger partial charge is 0.463 e. The van der Waals surface area contributed by atoms with Crippen LogP contribution in [0.5, 0.6) is 0 Å². The Hall–Kier alpha value is -1.59. The highest BCUT2D eigenvalue weighted by Gasteiger charge is 2.45. The van der Waals surface area contributed by atoms with Gasteiger partial charge in [-0.05, 0) is 54.4 Å². The predicted molar refractivity (Wildman–Crippen MR) is 88.1 cm³/mol. The summed E-state index contributed by atoms with van der Waals surface area (Å²) in [6, 6.07) is 0. The monoisotopic (exact) mass is 342 g/mol. The van der Waals surface area contributed by atoms with Crippen molar-refractivity contribution in [3.8, 4) is 0 Å². The van der Waals surface area contributed by atoms with E-state index in [1.54, 1.807) is 41.5 Å². The number of carbonyl (C=O) groups is 3. The highest BCUT2D eigenvalue weighted by Crippen LogP contribution is 2.39. The number of hydrogen-bond donors (Lipinski definition) is 0. The van der Waals surface area contributed by atoms with E-state index in [-0.39, 0.29) is 19.0 Å². The minimum absolute atomic E-state index is 0.267. The third-order valence-corrected chi connectivity index (χ3v) is 4.19. The highest BCUT2D eigenvalue weighted by atomic mass is 16.6. The lowest BCUT2D eigenvalue weighted by Gasteiger charge is -2.35. The van der Waals surface area contributed by atoms with Gasteiger partial charge in [0.25, 0.3) is 0 Å². The zero-order valence-electron chi connectivity index (χ0n) is 15.9. The van der Waals surface area contributed by atoms with Crippen LogP contribution in [0.1, 0.15) is 67.7 Å². The molecule has 138 valence electrons. The van der Waals surface area contributed by atoms with E-state index in [1.807, 2.05) is 6.92 Å². The van der Waals surface area contributed by atoms with Gasteiger partial charge in [0.1, 0.15) is 5.60 Å². The van der Waals surface area contributed by atoms with Crippen molar-refractivity contribution < 1.29 is 28.6 Å². The van der Waals surface area contributed by atoms with E-state index in [4.69, 9.17) is 14.2 Å². The Balaban J connectivity index is 2.83. The molecule has 0 spiro atoms. The molecule has 1 aliphatic rings. The van der Waals surface area contributed by atoms with Crippen molar-refractivity contribution in [2.75, 3.05) is 6.61 Å². The Bertz CT molecular complexity index is 502. The summed E-state index contributed by atoms with van der Waals surface area (Å²) in [6.45, 7) is 12.8. The van der Waals surface area contributed by atoms with E-state index in [2.05, 4.69) is 0 Å². The third kappa shape index (κ3) is 5.21. The second-order valence-corrected chi connectivity index (χ2v) is 8.33. The van der Waals surface area contributed by atoms with Crippen molar-refractivity contribution in [3.05, 3.63) is 0 Å². The molecule has 1 rings (SSSR count). The average Bonchev–Trinajstić information content (AvgIpc) is 2.81. The molecular formula is C18H30O6. The van der Waals surface area contributed by atoms with Crippen LogP contribution in [0, 0.1) is 10.8 Å². The summed E-state index contributed by atoms with van der Waals surface area (Å²) in [5.74, 6) is -1.35. The molecule has 2 unspecified atom stereocenters. The summed E-state index contributed by atoms with van der Waals surface area (Å²) in [6.07, 6.45) is 0.291. The van der Waals surface area contributed by atoms with E-state index >= 15 is 0 Å². The minimum Gasteiger partial charge on any atom is -0.463 e. The van der Waals surface area contributed by atoms with Crippen LogP contribution in [0.4, 0.5) is 0 Å². The standard InChI is InChI=1S/C18H30O6/c1-8-18(7,15(21)23-12-9-10-22-13(12)19)11-17(5,6)14(20)24-16(2,3)4/h12H,8-11H2,1-7H3. The topological polar surface area (TPSA) is 78.9 Å². The zero-order chi connectivity index (χ0) is 18.8.